The van der Waals surface area contributed by atoms with E-state index in [1.165, 1.54) is 18.3 Å². The third kappa shape index (κ3) is 4.29. The highest BCUT2D eigenvalue weighted by Gasteiger charge is 2.27. The second-order valence-electron chi connectivity index (χ2n) is 4.87. The Morgan fingerprint density at radius 1 is 1.35 bits per heavy atom. The van der Waals surface area contributed by atoms with Crippen molar-refractivity contribution < 1.29 is 22.3 Å². The van der Waals surface area contributed by atoms with Crippen molar-refractivity contribution in [2.75, 3.05) is 25.1 Å². The number of alkyl halides is 3. The molecule has 1 heterocycles. The predicted molar refractivity (Wildman–Crippen MR) is 76.5 cm³/mol. The smallest absolute Gasteiger partial charge is 0.381 e. The average Bonchev–Trinajstić information content (AvgIpc) is 2.45. The Morgan fingerprint density at radius 2 is 2.09 bits per heavy atom. The van der Waals surface area contributed by atoms with Crippen LogP contribution in [0.15, 0.2) is 18.3 Å². The minimum Gasteiger partial charge on any atom is -0.381 e. The lowest BCUT2D eigenvalue weighted by molar-refractivity contribution is -0.172. The quantitative estimate of drug-likeness (QED) is 0.674. The molecule has 0 aliphatic rings. The molecule has 0 fully saturated rings. The molecule has 122 valence electrons. The Kier molecular flexibility index (Phi) is 5.01. The summed E-state index contributed by atoms with van der Waals surface area (Å²) in [7, 11) is 0. The number of pyridine rings is 1. The maximum Gasteiger partial charge on any atom is 0.411 e. The van der Waals surface area contributed by atoms with Gasteiger partial charge in [-0.1, -0.05) is 0 Å². The van der Waals surface area contributed by atoms with Crippen LogP contribution in [0.4, 0.5) is 23.2 Å². The molecule has 23 heavy (non-hydrogen) atoms. The number of ether oxygens (including phenoxy) is 1. The van der Waals surface area contributed by atoms with Crippen LogP contribution in [0.1, 0.15) is 11.1 Å². The molecule has 0 saturated carbocycles. The van der Waals surface area contributed by atoms with E-state index in [-0.39, 0.29) is 18.7 Å². The lowest BCUT2D eigenvalue weighted by atomic mass is 10.1. The molecular formula is C15H13F4N3O. The molecule has 0 radical (unpaired) electrons. The standard InChI is InChI=1S/C15H13F4N3O/c1-9-4-11(16)5-12-13(9)22-7-10(6-20)14(12)21-2-3-23-8-15(17,18)19/h4-5,7H,2-3,8H2,1H3,(H,21,22). The maximum absolute atomic E-state index is 13.6. The normalized spacial score (nSPS) is 11.5. The van der Waals surface area contributed by atoms with Crippen molar-refractivity contribution in [3.05, 3.63) is 35.3 Å². The Hall–Kier alpha value is -2.40. The van der Waals surface area contributed by atoms with Crippen LogP contribution in [0.3, 0.4) is 0 Å². The predicted octanol–water partition coefficient (Wildman–Crippen LogP) is 3.54. The lowest BCUT2D eigenvalue weighted by Gasteiger charge is -2.13. The molecule has 0 aliphatic carbocycles. The third-order valence-corrected chi connectivity index (χ3v) is 3.06. The molecule has 2 aromatic rings. The fourth-order valence-electron chi connectivity index (χ4n) is 2.15. The van der Waals surface area contributed by atoms with E-state index < -0.39 is 18.6 Å². The zero-order chi connectivity index (χ0) is 17.0. The van der Waals surface area contributed by atoms with Gasteiger partial charge in [-0.3, -0.25) is 4.98 Å². The summed E-state index contributed by atoms with van der Waals surface area (Å²) < 4.78 is 54.0. The summed E-state index contributed by atoms with van der Waals surface area (Å²) >= 11 is 0. The first-order valence-corrected chi connectivity index (χ1v) is 6.69. The van der Waals surface area contributed by atoms with E-state index in [0.29, 0.717) is 22.2 Å². The van der Waals surface area contributed by atoms with Crippen LogP contribution >= 0.6 is 0 Å². The molecule has 0 bridgehead atoms. The number of nitrogens with one attached hydrogen (secondary N) is 1. The summed E-state index contributed by atoms with van der Waals surface area (Å²) in [6, 6.07) is 4.47. The minimum absolute atomic E-state index is 0.0411. The van der Waals surface area contributed by atoms with Crippen LogP contribution < -0.4 is 5.32 Å². The Morgan fingerprint density at radius 3 is 2.74 bits per heavy atom. The molecule has 0 aliphatic heterocycles. The largest absolute Gasteiger partial charge is 0.411 e. The number of anilines is 1. The molecule has 0 spiro atoms. The van der Waals surface area contributed by atoms with Gasteiger partial charge in [-0.05, 0) is 24.6 Å². The van der Waals surface area contributed by atoms with Crippen LogP contribution in [0.2, 0.25) is 0 Å². The van der Waals surface area contributed by atoms with Gasteiger partial charge in [0.05, 0.1) is 23.4 Å². The van der Waals surface area contributed by atoms with Crippen LogP contribution in [0.25, 0.3) is 10.9 Å². The minimum atomic E-state index is -4.39. The number of rotatable bonds is 5. The molecule has 0 unspecified atom stereocenters. The summed E-state index contributed by atoms with van der Waals surface area (Å²) in [5.41, 5.74) is 1.62. The van der Waals surface area contributed by atoms with Crippen molar-refractivity contribution in [1.29, 1.82) is 5.26 Å². The molecule has 1 N–H and O–H groups in total. The highest BCUT2D eigenvalue weighted by Crippen LogP contribution is 2.28. The first-order valence-electron chi connectivity index (χ1n) is 6.69. The van der Waals surface area contributed by atoms with Crippen LogP contribution in [0.5, 0.6) is 0 Å². The van der Waals surface area contributed by atoms with E-state index in [0.717, 1.165) is 0 Å². The van der Waals surface area contributed by atoms with Gasteiger partial charge in [-0.2, -0.15) is 18.4 Å². The first kappa shape index (κ1) is 17.0. The van der Waals surface area contributed by atoms with Crippen molar-refractivity contribution in [3.63, 3.8) is 0 Å². The number of nitriles is 1. The maximum atomic E-state index is 13.6. The van der Waals surface area contributed by atoms with Crippen molar-refractivity contribution in [1.82, 2.24) is 4.98 Å². The molecule has 4 nitrogen and oxygen atoms in total. The van der Waals surface area contributed by atoms with E-state index in [1.807, 2.05) is 6.07 Å². The Bertz CT molecular complexity index is 753. The van der Waals surface area contributed by atoms with Gasteiger partial charge in [0.2, 0.25) is 0 Å². The first-order chi connectivity index (χ1) is 10.8. The Labute approximate surface area is 129 Å². The zero-order valence-electron chi connectivity index (χ0n) is 12.2. The van der Waals surface area contributed by atoms with Gasteiger partial charge < -0.3 is 10.1 Å². The summed E-state index contributed by atoms with van der Waals surface area (Å²) in [4.78, 5) is 4.12. The van der Waals surface area contributed by atoms with Crippen molar-refractivity contribution in [3.8, 4) is 6.07 Å². The van der Waals surface area contributed by atoms with Gasteiger partial charge in [0.15, 0.2) is 0 Å². The average molecular weight is 327 g/mol. The number of aryl methyl sites for hydroxylation is 1. The second kappa shape index (κ2) is 6.79. The van der Waals surface area contributed by atoms with E-state index in [2.05, 4.69) is 15.0 Å². The third-order valence-electron chi connectivity index (χ3n) is 3.06. The van der Waals surface area contributed by atoms with Crippen LogP contribution in [-0.2, 0) is 4.74 Å². The number of hydrogen-bond donors (Lipinski definition) is 1. The van der Waals surface area contributed by atoms with Gasteiger partial charge in [-0.15, -0.1) is 0 Å². The SMILES string of the molecule is Cc1cc(F)cc2c(NCCOCC(F)(F)F)c(C#N)cnc12. The molecule has 2 rings (SSSR count). The van der Waals surface area contributed by atoms with Crippen molar-refractivity contribution in [2.45, 2.75) is 13.1 Å². The molecular weight excluding hydrogens is 314 g/mol. The molecule has 0 saturated heterocycles. The lowest BCUT2D eigenvalue weighted by Crippen LogP contribution is -2.20. The zero-order valence-corrected chi connectivity index (χ0v) is 12.2. The molecule has 8 heteroatoms. The number of hydrogen-bond acceptors (Lipinski definition) is 4. The molecule has 1 aromatic carbocycles. The monoisotopic (exact) mass is 327 g/mol. The summed E-state index contributed by atoms with van der Waals surface area (Å²) in [5, 5.41) is 12.3. The van der Waals surface area contributed by atoms with Gasteiger partial charge in [0.25, 0.3) is 0 Å². The van der Waals surface area contributed by atoms with Crippen LogP contribution in [0, 0.1) is 24.1 Å². The number of halogens is 4. The topological polar surface area (TPSA) is 57.9 Å². The van der Waals surface area contributed by atoms with E-state index in [1.54, 1.807) is 6.92 Å². The summed E-state index contributed by atoms with van der Waals surface area (Å²) in [6.07, 6.45) is -3.05. The summed E-state index contributed by atoms with van der Waals surface area (Å²) in [5.74, 6) is -0.483. The molecule has 0 amide bonds. The van der Waals surface area contributed by atoms with Gasteiger partial charge in [-0.25, -0.2) is 4.39 Å². The molecule has 0 atom stereocenters. The van der Waals surface area contributed by atoms with Crippen molar-refractivity contribution >= 4 is 16.6 Å². The second-order valence-corrected chi connectivity index (χ2v) is 4.87. The van der Waals surface area contributed by atoms with Crippen LogP contribution in [-0.4, -0.2) is 30.9 Å². The number of nitrogens with zero attached hydrogens (tertiary/aromatic N) is 2. The van der Waals surface area contributed by atoms with E-state index >= 15 is 0 Å². The fraction of sp³-hybridized carbons (Fsp3) is 0.333. The highest BCUT2D eigenvalue weighted by molar-refractivity contribution is 5.95. The number of aromatic nitrogens is 1. The van der Waals surface area contributed by atoms with E-state index in [4.69, 9.17) is 5.26 Å². The highest BCUT2D eigenvalue weighted by atomic mass is 19.4. The number of benzene rings is 1. The molecule has 1 aromatic heterocycles. The van der Waals surface area contributed by atoms with Crippen molar-refractivity contribution in [2.24, 2.45) is 0 Å². The number of fused-ring (bicyclic) bond motifs is 1. The fourth-order valence-corrected chi connectivity index (χ4v) is 2.15. The van der Waals surface area contributed by atoms with E-state index in [9.17, 15) is 17.6 Å². The van der Waals surface area contributed by atoms with Gasteiger partial charge in [0.1, 0.15) is 18.5 Å². The van der Waals surface area contributed by atoms with Gasteiger partial charge in [0, 0.05) is 18.1 Å². The summed E-state index contributed by atoms with van der Waals surface area (Å²) in [6.45, 7) is 0.174. The van der Waals surface area contributed by atoms with Gasteiger partial charge >= 0.3 is 6.18 Å². The Balaban J connectivity index is 2.20.